The molecule has 0 atom stereocenters. The molecule has 62 valence electrons. The zero-order valence-corrected chi connectivity index (χ0v) is 6.90. The number of carbonyl (C=O) groups excluding carboxylic acids is 1. The van der Waals surface area contributed by atoms with Crippen LogP contribution in [0.5, 0.6) is 0 Å². The molecule has 3 nitrogen and oxygen atoms in total. The van der Waals surface area contributed by atoms with Crippen LogP contribution in [0.15, 0.2) is 34.5 Å². The van der Waals surface area contributed by atoms with Crippen molar-refractivity contribution in [2.75, 3.05) is 6.54 Å². The highest BCUT2D eigenvalue weighted by atomic mass is 16.1. The Kier molecular flexibility index (Phi) is 3.14. The fraction of sp³-hybridized carbons (Fsp3) is 0.222. The first-order valence-corrected chi connectivity index (χ1v) is 3.71. The normalized spacial score (nSPS) is 10.4. The first-order valence-electron chi connectivity index (χ1n) is 3.71. The van der Waals surface area contributed by atoms with Crippen molar-refractivity contribution < 1.29 is 4.79 Å². The Morgan fingerprint density at radius 1 is 1.33 bits per heavy atom. The van der Waals surface area contributed by atoms with Gasteiger partial charge in [0, 0.05) is 0 Å². The summed E-state index contributed by atoms with van der Waals surface area (Å²) < 4.78 is 0. The molecule has 0 aliphatic carbocycles. The highest BCUT2D eigenvalue weighted by Crippen LogP contribution is 2.12. The number of benzene rings is 1. The highest BCUT2D eigenvalue weighted by Gasteiger charge is 1.86. The van der Waals surface area contributed by atoms with E-state index in [2.05, 4.69) is 10.2 Å². The zero-order valence-electron chi connectivity index (χ0n) is 6.90. The molecule has 3 heteroatoms. The van der Waals surface area contributed by atoms with Gasteiger partial charge in [0.25, 0.3) is 0 Å². The lowest BCUT2D eigenvalue weighted by Crippen LogP contribution is -1.75. The number of aryl methyl sites for hydroxylation is 1. The zero-order chi connectivity index (χ0) is 8.81. The Morgan fingerprint density at radius 2 is 2.00 bits per heavy atom. The number of azo groups is 1. The molecule has 0 spiro atoms. The molecule has 1 aromatic rings. The Labute approximate surface area is 71.1 Å². The summed E-state index contributed by atoms with van der Waals surface area (Å²) in [5.41, 5.74) is 1.96. The lowest BCUT2D eigenvalue weighted by molar-refractivity contribution is -0.106. The maximum atomic E-state index is 9.90. The Bertz CT molecular complexity index is 277. The smallest absolute Gasteiger partial charge is 0.143 e. The summed E-state index contributed by atoms with van der Waals surface area (Å²) in [6.07, 6.45) is 0.720. The van der Waals surface area contributed by atoms with Crippen LogP contribution in [0, 0.1) is 6.92 Å². The van der Waals surface area contributed by atoms with Gasteiger partial charge in [0.2, 0.25) is 0 Å². The SMILES string of the molecule is Cc1ccc(N=NCC=O)cc1. The minimum absolute atomic E-state index is 0.133. The number of nitrogens with zero attached hydrogens (tertiary/aromatic N) is 2. The summed E-state index contributed by atoms with van der Waals surface area (Å²) >= 11 is 0. The van der Waals surface area contributed by atoms with Gasteiger partial charge >= 0.3 is 0 Å². The van der Waals surface area contributed by atoms with Crippen LogP contribution in [0.1, 0.15) is 5.56 Å². The Morgan fingerprint density at radius 3 is 2.58 bits per heavy atom. The van der Waals surface area contributed by atoms with Crippen molar-refractivity contribution in [1.82, 2.24) is 0 Å². The van der Waals surface area contributed by atoms with E-state index in [9.17, 15) is 4.79 Å². The van der Waals surface area contributed by atoms with Gasteiger partial charge in [-0.2, -0.15) is 10.2 Å². The molecule has 0 saturated carbocycles. The second kappa shape index (κ2) is 4.38. The maximum absolute atomic E-state index is 9.90. The molecule has 0 heterocycles. The molecule has 0 radical (unpaired) electrons. The van der Waals surface area contributed by atoms with Crippen molar-refractivity contribution in [1.29, 1.82) is 0 Å². The molecule has 0 bridgehead atoms. The lowest BCUT2D eigenvalue weighted by Gasteiger charge is -1.91. The third-order valence-electron chi connectivity index (χ3n) is 1.38. The average Bonchev–Trinajstić information content (AvgIpc) is 2.09. The van der Waals surface area contributed by atoms with E-state index >= 15 is 0 Å². The van der Waals surface area contributed by atoms with Crippen LogP contribution in [0.4, 0.5) is 5.69 Å². The highest BCUT2D eigenvalue weighted by molar-refractivity contribution is 5.52. The van der Waals surface area contributed by atoms with Gasteiger partial charge in [-0.3, -0.25) is 0 Å². The molecule has 0 N–H and O–H groups in total. The first kappa shape index (κ1) is 8.59. The van der Waals surface area contributed by atoms with Crippen LogP contribution in [-0.4, -0.2) is 12.8 Å². The Balaban J connectivity index is 2.64. The topological polar surface area (TPSA) is 41.8 Å². The van der Waals surface area contributed by atoms with E-state index in [1.807, 2.05) is 31.2 Å². The molecule has 0 aliphatic heterocycles. The van der Waals surface area contributed by atoms with Gasteiger partial charge in [-0.15, -0.1) is 0 Å². The number of hydrogen-bond acceptors (Lipinski definition) is 3. The van der Waals surface area contributed by atoms with E-state index in [1.54, 1.807) is 0 Å². The molecular weight excluding hydrogens is 152 g/mol. The maximum Gasteiger partial charge on any atom is 0.143 e. The van der Waals surface area contributed by atoms with Gasteiger partial charge in [-0.25, -0.2) is 0 Å². The predicted octanol–water partition coefficient (Wildman–Crippen LogP) is 2.28. The Hall–Kier alpha value is -1.51. The molecule has 0 unspecified atom stereocenters. The second-order valence-corrected chi connectivity index (χ2v) is 2.43. The van der Waals surface area contributed by atoms with E-state index < -0.39 is 0 Å². The summed E-state index contributed by atoms with van der Waals surface area (Å²) in [5.74, 6) is 0. The fourth-order valence-corrected chi connectivity index (χ4v) is 0.767. The number of hydrogen-bond donors (Lipinski definition) is 0. The average molecular weight is 162 g/mol. The van der Waals surface area contributed by atoms with Crippen LogP contribution in [0.25, 0.3) is 0 Å². The largest absolute Gasteiger partial charge is 0.301 e. The molecule has 1 rings (SSSR count). The van der Waals surface area contributed by atoms with Crippen molar-refractivity contribution in [2.45, 2.75) is 6.92 Å². The molecule has 0 amide bonds. The van der Waals surface area contributed by atoms with Crippen molar-refractivity contribution >= 4 is 12.0 Å². The number of rotatable bonds is 3. The van der Waals surface area contributed by atoms with Gasteiger partial charge in [-0.1, -0.05) is 17.7 Å². The third kappa shape index (κ3) is 2.62. The summed E-state index contributed by atoms with van der Waals surface area (Å²) in [5, 5.41) is 7.48. The quantitative estimate of drug-likeness (QED) is 0.496. The first-order chi connectivity index (χ1) is 5.83. The number of aldehydes is 1. The fourth-order valence-electron chi connectivity index (χ4n) is 0.767. The van der Waals surface area contributed by atoms with Crippen LogP contribution >= 0.6 is 0 Å². The molecule has 0 fully saturated rings. The standard InChI is InChI=1S/C9H10N2O/c1-8-2-4-9(5-3-8)11-10-6-7-12/h2-5,7H,6H2,1H3. The predicted molar refractivity (Wildman–Crippen MR) is 46.6 cm³/mol. The molecule has 0 aromatic heterocycles. The van der Waals surface area contributed by atoms with E-state index in [0.717, 1.165) is 12.0 Å². The molecule has 0 saturated heterocycles. The van der Waals surface area contributed by atoms with E-state index in [4.69, 9.17) is 0 Å². The van der Waals surface area contributed by atoms with Crippen molar-refractivity contribution in [3.8, 4) is 0 Å². The van der Waals surface area contributed by atoms with Crippen molar-refractivity contribution in [3.63, 3.8) is 0 Å². The van der Waals surface area contributed by atoms with Gasteiger partial charge in [-0.05, 0) is 19.1 Å². The summed E-state index contributed by atoms with van der Waals surface area (Å²) in [7, 11) is 0. The molecule has 12 heavy (non-hydrogen) atoms. The third-order valence-corrected chi connectivity index (χ3v) is 1.38. The summed E-state index contributed by atoms with van der Waals surface area (Å²) in [6, 6.07) is 7.64. The molecule has 1 aromatic carbocycles. The monoisotopic (exact) mass is 162 g/mol. The lowest BCUT2D eigenvalue weighted by atomic mass is 10.2. The second-order valence-electron chi connectivity index (χ2n) is 2.43. The van der Waals surface area contributed by atoms with Gasteiger partial charge < -0.3 is 4.79 Å². The van der Waals surface area contributed by atoms with Crippen LogP contribution in [0.3, 0.4) is 0 Å². The summed E-state index contributed by atoms with van der Waals surface area (Å²) in [4.78, 5) is 9.90. The summed E-state index contributed by atoms with van der Waals surface area (Å²) in [6.45, 7) is 2.14. The minimum atomic E-state index is 0.133. The van der Waals surface area contributed by atoms with Crippen LogP contribution in [0.2, 0.25) is 0 Å². The molecule has 0 aliphatic rings. The van der Waals surface area contributed by atoms with E-state index in [1.165, 1.54) is 5.56 Å². The van der Waals surface area contributed by atoms with Crippen molar-refractivity contribution in [3.05, 3.63) is 29.8 Å². The molecular formula is C9H10N2O. The van der Waals surface area contributed by atoms with E-state index in [-0.39, 0.29) is 6.54 Å². The minimum Gasteiger partial charge on any atom is -0.301 e. The van der Waals surface area contributed by atoms with Gasteiger partial charge in [0.1, 0.15) is 12.8 Å². The van der Waals surface area contributed by atoms with Gasteiger partial charge in [0.05, 0.1) is 5.69 Å². The van der Waals surface area contributed by atoms with E-state index in [0.29, 0.717) is 0 Å². The number of carbonyl (C=O) groups is 1. The van der Waals surface area contributed by atoms with Crippen LogP contribution in [-0.2, 0) is 4.79 Å². The van der Waals surface area contributed by atoms with Gasteiger partial charge in [0.15, 0.2) is 0 Å². The van der Waals surface area contributed by atoms with Crippen molar-refractivity contribution in [2.24, 2.45) is 10.2 Å². The van der Waals surface area contributed by atoms with Crippen LogP contribution < -0.4 is 0 Å².